The molecule has 0 aromatic heterocycles. The van der Waals surface area contributed by atoms with E-state index < -0.39 is 0 Å². The maximum atomic E-state index is 5.27. The van der Waals surface area contributed by atoms with Crippen LogP contribution in [0.3, 0.4) is 0 Å². The second-order valence-corrected chi connectivity index (χ2v) is 6.57. The number of rotatable bonds is 6. The quantitative estimate of drug-likeness (QED) is 0.819. The molecule has 1 aliphatic carbocycles. The van der Waals surface area contributed by atoms with E-state index in [2.05, 4.69) is 47.2 Å². The lowest BCUT2D eigenvalue weighted by molar-refractivity contribution is 0.259. The largest absolute Gasteiger partial charge is 0.496 e. The Morgan fingerprint density at radius 3 is 2.63 bits per heavy atom. The van der Waals surface area contributed by atoms with E-state index in [1.54, 1.807) is 7.11 Å². The molecule has 3 heteroatoms. The molecular weight excluding hydrogens is 302 g/mol. The lowest BCUT2D eigenvalue weighted by Gasteiger charge is -2.30. The van der Waals surface area contributed by atoms with Crippen molar-refractivity contribution in [1.82, 2.24) is 5.32 Å². The van der Waals surface area contributed by atoms with E-state index in [0.717, 1.165) is 16.1 Å². The first-order valence-electron chi connectivity index (χ1n) is 7.19. The summed E-state index contributed by atoms with van der Waals surface area (Å²) in [5, 5.41) is 3.70. The van der Waals surface area contributed by atoms with Crippen molar-refractivity contribution in [3.05, 3.63) is 28.2 Å². The molecule has 1 aliphatic rings. The van der Waals surface area contributed by atoms with Gasteiger partial charge in [-0.1, -0.05) is 25.3 Å². The highest BCUT2D eigenvalue weighted by molar-refractivity contribution is 9.10. The molecule has 2 rings (SSSR count). The van der Waals surface area contributed by atoms with E-state index in [-0.39, 0.29) is 0 Å². The molecule has 1 N–H and O–H groups in total. The first-order valence-corrected chi connectivity index (χ1v) is 7.99. The lowest BCUT2D eigenvalue weighted by atomic mass is 9.81. The SMILES string of the molecule is COc1ccc(C(C)NC(C)CC2CCC2)cc1Br. The number of benzene rings is 1. The summed E-state index contributed by atoms with van der Waals surface area (Å²) in [4.78, 5) is 0. The molecule has 1 fully saturated rings. The van der Waals surface area contributed by atoms with Gasteiger partial charge in [-0.2, -0.15) is 0 Å². The Balaban J connectivity index is 1.90. The molecule has 0 saturated heterocycles. The second kappa shape index (κ2) is 6.76. The highest BCUT2D eigenvalue weighted by Crippen LogP contribution is 2.31. The highest BCUT2D eigenvalue weighted by Gasteiger charge is 2.21. The van der Waals surface area contributed by atoms with E-state index in [0.29, 0.717) is 12.1 Å². The lowest BCUT2D eigenvalue weighted by Crippen LogP contribution is -2.32. The van der Waals surface area contributed by atoms with Crippen LogP contribution in [0.25, 0.3) is 0 Å². The van der Waals surface area contributed by atoms with Gasteiger partial charge >= 0.3 is 0 Å². The van der Waals surface area contributed by atoms with Gasteiger partial charge < -0.3 is 10.1 Å². The Labute approximate surface area is 125 Å². The van der Waals surface area contributed by atoms with Gasteiger partial charge in [0, 0.05) is 12.1 Å². The Bertz CT molecular complexity index is 417. The normalized spacial score (nSPS) is 18.7. The topological polar surface area (TPSA) is 21.3 Å². The number of nitrogens with one attached hydrogen (secondary N) is 1. The van der Waals surface area contributed by atoms with Gasteiger partial charge in [-0.3, -0.25) is 0 Å². The Kier molecular flexibility index (Phi) is 5.28. The molecule has 0 bridgehead atoms. The van der Waals surface area contributed by atoms with E-state index in [9.17, 15) is 0 Å². The summed E-state index contributed by atoms with van der Waals surface area (Å²) in [6, 6.07) is 7.26. The van der Waals surface area contributed by atoms with Crippen LogP contribution in [0.4, 0.5) is 0 Å². The van der Waals surface area contributed by atoms with E-state index in [1.807, 2.05) is 6.07 Å². The van der Waals surface area contributed by atoms with Crippen molar-refractivity contribution in [2.45, 2.75) is 51.6 Å². The molecule has 2 atom stereocenters. The summed E-state index contributed by atoms with van der Waals surface area (Å²) in [6.45, 7) is 4.53. The Morgan fingerprint density at radius 2 is 2.11 bits per heavy atom. The molecule has 1 aromatic carbocycles. The van der Waals surface area contributed by atoms with Crippen LogP contribution in [-0.4, -0.2) is 13.2 Å². The molecule has 0 radical (unpaired) electrons. The van der Waals surface area contributed by atoms with Crippen LogP contribution in [-0.2, 0) is 0 Å². The van der Waals surface area contributed by atoms with Crippen molar-refractivity contribution in [1.29, 1.82) is 0 Å². The van der Waals surface area contributed by atoms with E-state index in [4.69, 9.17) is 4.74 Å². The fourth-order valence-electron chi connectivity index (χ4n) is 2.77. The Hall–Kier alpha value is -0.540. The number of methoxy groups -OCH3 is 1. The Morgan fingerprint density at radius 1 is 1.37 bits per heavy atom. The van der Waals surface area contributed by atoms with Gasteiger partial charge in [-0.05, 0) is 59.8 Å². The van der Waals surface area contributed by atoms with Crippen molar-refractivity contribution in [3.8, 4) is 5.75 Å². The summed E-state index contributed by atoms with van der Waals surface area (Å²) in [7, 11) is 1.70. The zero-order valence-electron chi connectivity index (χ0n) is 12.1. The number of hydrogen-bond acceptors (Lipinski definition) is 2. The van der Waals surface area contributed by atoms with Crippen LogP contribution in [0.5, 0.6) is 5.75 Å². The minimum absolute atomic E-state index is 0.372. The summed E-state index contributed by atoms with van der Waals surface area (Å²) in [5.41, 5.74) is 1.30. The van der Waals surface area contributed by atoms with Gasteiger partial charge in [-0.25, -0.2) is 0 Å². The van der Waals surface area contributed by atoms with Gasteiger partial charge in [0.15, 0.2) is 0 Å². The van der Waals surface area contributed by atoms with Crippen molar-refractivity contribution in [3.63, 3.8) is 0 Å². The fraction of sp³-hybridized carbons (Fsp3) is 0.625. The molecule has 0 heterocycles. The van der Waals surface area contributed by atoms with Gasteiger partial charge in [0.25, 0.3) is 0 Å². The van der Waals surface area contributed by atoms with Crippen molar-refractivity contribution in [2.75, 3.05) is 7.11 Å². The monoisotopic (exact) mass is 325 g/mol. The van der Waals surface area contributed by atoms with Gasteiger partial charge in [0.2, 0.25) is 0 Å². The minimum atomic E-state index is 0.372. The number of ether oxygens (including phenoxy) is 1. The fourth-order valence-corrected chi connectivity index (χ4v) is 3.33. The molecule has 0 aliphatic heterocycles. The first kappa shape index (κ1) is 14.9. The number of hydrogen-bond donors (Lipinski definition) is 1. The maximum absolute atomic E-state index is 5.27. The van der Waals surface area contributed by atoms with Crippen LogP contribution >= 0.6 is 15.9 Å². The maximum Gasteiger partial charge on any atom is 0.133 e. The third kappa shape index (κ3) is 3.96. The van der Waals surface area contributed by atoms with Crippen LogP contribution in [0, 0.1) is 5.92 Å². The second-order valence-electron chi connectivity index (χ2n) is 5.72. The molecule has 0 amide bonds. The van der Waals surface area contributed by atoms with Crippen molar-refractivity contribution < 1.29 is 4.74 Å². The van der Waals surface area contributed by atoms with Crippen molar-refractivity contribution in [2.24, 2.45) is 5.92 Å². The molecule has 0 spiro atoms. The van der Waals surface area contributed by atoms with E-state index >= 15 is 0 Å². The summed E-state index contributed by atoms with van der Waals surface area (Å²) < 4.78 is 6.29. The van der Waals surface area contributed by atoms with Gasteiger partial charge in [0.1, 0.15) is 5.75 Å². The summed E-state index contributed by atoms with van der Waals surface area (Å²) >= 11 is 3.55. The third-order valence-electron chi connectivity index (χ3n) is 4.12. The first-order chi connectivity index (χ1) is 9.10. The van der Waals surface area contributed by atoms with Crippen LogP contribution < -0.4 is 10.1 Å². The molecule has 2 nitrogen and oxygen atoms in total. The van der Waals surface area contributed by atoms with Crippen LogP contribution in [0.2, 0.25) is 0 Å². The predicted molar refractivity (Wildman–Crippen MR) is 83.7 cm³/mol. The predicted octanol–water partition coefficient (Wildman–Crippen LogP) is 4.69. The highest BCUT2D eigenvalue weighted by atomic mass is 79.9. The van der Waals surface area contributed by atoms with Crippen molar-refractivity contribution >= 4 is 15.9 Å². The average Bonchev–Trinajstić information content (AvgIpc) is 2.33. The number of halogens is 1. The van der Waals surface area contributed by atoms with Gasteiger partial charge in [-0.15, -0.1) is 0 Å². The molecule has 1 aromatic rings. The molecule has 2 unspecified atom stereocenters. The zero-order chi connectivity index (χ0) is 13.8. The molecular formula is C16H24BrNO. The summed E-state index contributed by atoms with van der Waals surface area (Å²) in [5.74, 6) is 1.84. The van der Waals surface area contributed by atoms with Crippen LogP contribution in [0.1, 0.15) is 51.1 Å². The van der Waals surface area contributed by atoms with Crippen LogP contribution in [0.15, 0.2) is 22.7 Å². The average molecular weight is 326 g/mol. The van der Waals surface area contributed by atoms with E-state index in [1.165, 1.54) is 31.2 Å². The minimum Gasteiger partial charge on any atom is -0.496 e. The zero-order valence-corrected chi connectivity index (χ0v) is 13.7. The van der Waals surface area contributed by atoms with Gasteiger partial charge in [0.05, 0.1) is 11.6 Å². The standard InChI is InChI=1S/C16H24BrNO/c1-11(9-13-5-4-6-13)18-12(2)14-7-8-16(19-3)15(17)10-14/h7-8,10-13,18H,4-6,9H2,1-3H3. The molecule has 106 valence electrons. The summed E-state index contributed by atoms with van der Waals surface area (Å²) in [6.07, 6.45) is 5.59. The third-order valence-corrected chi connectivity index (χ3v) is 4.74. The molecule has 1 saturated carbocycles. The smallest absolute Gasteiger partial charge is 0.133 e. The molecule has 19 heavy (non-hydrogen) atoms.